The molecule has 0 radical (unpaired) electrons. The highest BCUT2D eigenvalue weighted by Crippen LogP contribution is 2.38. The fourth-order valence-corrected chi connectivity index (χ4v) is 3.58. The van der Waals surface area contributed by atoms with E-state index in [0.29, 0.717) is 24.5 Å². The predicted molar refractivity (Wildman–Crippen MR) is 108 cm³/mol. The third-order valence-corrected chi connectivity index (χ3v) is 4.99. The van der Waals surface area contributed by atoms with Crippen molar-refractivity contribution in [2.24, 2.45) is 11.7 Å². The quantitative estimate of drug-likeness (QED) is 0.791. The summed E-state index contributed by atoms with van der Waals surface area (Å²) < 4.78 is 0. The minimum atomic E-state index is -0.222. The lowest BCUT2D eigenvalue weighted by Crippen LogP contribution is -2.46. The molecular weight excluding hydrogens is 357 g/mol. The Hall–Kier alpha value is -1.07. The van der Waals surface area contributed by atoms with E-state index in [1.165, 1.54) is 17.6 Å². The number of amides is 1. The van der Waals surface area contributed by atoms with E-state index in [1.807, 2.05) is 0 Å². The van der Waals surface area contributed by atoms with Gasteiger partial charge in [0.1, 0.15) is 0 Å². The minimum absolute atomic E-state index is 0. The number of primary amides is 1. The molecule has 0 aromatic heterocycles. The molecule has 1 heterocycles. The summed E-state index contributed by atoms with van der Waals surface area (Å²) in [5.41, 5.74) is 8.02. The summed E-state index contributed by atoms with van der Waals surface area (Å²) in [5, 5.41) is 3.80. The molecule has 1 amide bonds. The van der Waals surface area contributed by atoms with Gasteiger partial charge in [0.2, 0.25) is 5.91 Å². The van der Waals surface area contributed by atoms with Gasteiger partial charge in [-0.1, -0.05) is 42.0 Å². The van der Waals surface area contributed by atoms with Crippen molar-refractivity contribution in [3.63, 3.8) is 0 Å². The molecule has 0 spiro atoms. The van der Waals surface area contributed by atoms with Gasteiger partial charge in [0, 0.05) is 25.2 Å². The number of nitrogens with zero attached hydrogens (tertiary/aromatic N) is 1. The smallest absolute Gasteiger partial charge is 0.231 e. The summed E-state index contributed by atoms with van der Waals surface area (Å²) in [6.07, 6.45) is 5.77. The van der Waals surface area contributed by atoms with Crippen LogP contribution in [-0.2, 0) is 4.79 Å². The normalized spacial score (nSPS) is 24.1. The van der Waals surface area contributed by atoms with Gasteiger partial charge in [-0.25, -0.2) is 0 Å². The Balaban J connectivity index is 0.00000156. The van der Waals surface area contributed by atoms with E-state index in [2.05, 4.69) is 53.5 Å². The van der Waals surface area contributed by atoms with Crippen LogP contribution in [0, 0.1) is 5.92 Å². The molecule has 6 heteroatoms. The van der Waals surface area contributed by atoms with Crippen LogP contribution in [0.25, 0.3) is 6.08 Å². The van der Waals surface area contributed by atoms with Crippen molar-refractivity contribution in [3.8, 4) is 0 Å². The Bertz CT molecular complexity index is 571. The molecule has 3 N–H and O–H groups in total. The molecular formula is C19H29Cl2N3O. The fourth-order valence-electron chi connectivity index (χ4n) is 3.58. The summed E-state index contributed by atoms with van der Waals surface area (Å²) in [6.45, 7) is 4.58. The first-order valence-corrected chi connectivity index (χ1v) is 8.62. The van der Waals surface area contributed by atoms with Gasteiger partial charge in [0.15, 0.2) is 0 Å². The van der Waals surface area contributed by atoms with Crippen molar-refractivity contribution in [1.29, 1.82) is 0 Å². The largest absolute Gasteiger partial charge is 0.369 e. The second-order valence-electron chi connectivity index (χ2n) is 6.93. The van der Waals surface area contributed by atoms with Crippen LogP contribution in [0.4, 0.5) is 0 Å². The molecule has 2 fully saturated rings. The molecule has 0 bridgehead atoms. The van der Waals surface area contributed by atoms with Gasteiger partial charge in [-0.05, 0) is 37.7 Å². The molecule has 1 unspecified atom stereocenters. The van der Waals surface area contributed by atoms with Crippen LogP contribution >= 0.6 is 24.8 Å². The molecule has 2 atom stereocenters. The summed E-state index contributed by atoms with van der Waals surface area (Å²) in [4.78, 5) is 13.1. The highest BCUT2D eigenvalue weighted by atomic mass is 35.5. The molecule has 2 aliphatic rings. The minimum Gasteiger partial charge on any atom is -0.369 e. The third-order valence-electron chi connectivity index (χ3n) is 4.99. The Morgan fingerprint density at radius 1 is 1.24 bits per heavy atom. The van der Waals surface area contributed by atoms with Crippen LogP contribution in [0.3, 0.4) is 0 Å². The molecule has 1 aliphatic carbocycles. The first-order valence-electron chi connectivity index (χ1n) is 8.62. The van der Waals surface area contributed by atoms with E-state index in [0.717, 1.165) is 25.9 Å². The number of benzene rings is 1. The Kier molecular flexibility index (Phi) is 8.94. The van der Waals surface area contributed by atoms with E-state index >= 15 is 0 Å². The Morgan fingerprint density at radius 3 is 2.48 bits per heavy atom. The van der Waals surface area contributed by atoms with Crippen LogP contribution in [-0.4, -0.2) is 42.5 Å². The van der Waals surface area contributed by atoms with Crippen LogP contribution in [0.15, 0.2) is 35.9 Å². The second kappa shape index (κ2) is 10.2. The van der Waals surface area contributed by atoms with Crippen molar-refractivity contribution >= 4 is 36.8 Å². The number of piperidine rings is 1. The number of nitrogens with two attached hydrogens (primary N) is 1. The van der Waals surface area contributed by atoms with Gasteiger partial charge < -0.3 is 11.1 Å². The molecule has 4 nitrogen and oxygen atoms in total. The van der Waals surface area contributed by atoms with Crippen molar-refractivity contribution in [3.05, 3.63) is 41.5 Å². The van der Waals surface area contributed by atoms with Crippen molar-refractivity contribution in [1.82, 2.24) is 10.2 Å². The van der Waals surface area contributed by atoms with Crippen LogP contribution < -0.4 is 11.1 Å². The van der Waals surface area contributed by atoms with Gasteiger partial charge in [0.25, 0.3) is 0 Å². The average molecular weight is 386 g/mol. The molecule has 1 saturated carbocycles. The average Bonchev–Trinajstić information content (AvgIpc) is 3.29. The lowest BCUT2D eigenvalue weighted by Gasteiger charge is -2.31. The molecule has 1 aromatic rings. The number of carbonyl (C=O) groups excluding carboxylic acids is 1. The van der Waals surface area contributed by atoms with E-state index in [9.17, 15) is 4.79 Å². The molecule has 25 heavy (non-hydrogen) atoms. The summed E-state index contributed by atoms with van der Waals surface area (Å²) in [7, 11) is 0. The number of likely N-dealkylation sites (tertiary alicyclic amines) is 1. The second-order valence-corrected chi connectivity index (χ2v) is 6.93. The van der Waals surface area contributed by atoms with Crippen molar-refractivity contribution in [2.45, 2.75) is 38.3 Å². The highest BCUT2D eigenvalue weighted by molar-refractivity contribution is 5.85. The highest BCUT2D eigenvalue weighted by Gasteiger charge is 2.39. The number of halogens is 2. The zero-order chi connectivity index (χ0) is 16.2. The molecule has 1 aliphatic heterocycles. The number of hydrogen-bond donors (Lipinski definition) is 2. The first-order chi connectivity index (χ1) is 11.1. The van der Waals surface area contributed by atoms with E-state index in [4.69, 9.17) is 5.73 Å². The van der Waals surface area contributed by atoms with Gasteiger partial charge in [-0.15, -0.1) is 24.8 Å². The SMILES string of the molecule is CC(=Cc1ccccc1)C1C[C@@H]1NC1CCN(CC(N)=O)CC1.Cl.Cl. The van der Waals surface area contributed by atoms with E-state index in [1.54, 1.807) is 0 Å². The monoisotopic (exact) mass is 385 g/mol. The number of hydrogen-bond acceptors (Lipinski definition) is 3. The number of carbonyl (C=O) groups is 1. The predicted octanol–water partition coefficient (Wildman–Crippen LogP) is 2.86. The van der Waals surface area contributed by atoms with Gasteiger partial charge >= 0.3 is 0 Å². The van der Waals surface area contributed by atoms with Crippen LogP contribution in [0.1, 0.15) is 31.7 Å². The fraction of sp³-hybridized carbons (Fsp3) is 0.526. The number of nitrogens with one attached hydrogen (secondary N) is 1. The van der Waals surface area contributed by atoms with Gasteiger partial charge in [0.05, 0.1) is 6.54 Å². The molecule has 1 aromatic carbocycles. The topological polar surface area (TPSA) is 58.4 Å². The third kappa shape index (κ3) is 6.63. The van der Waals surface area contributed by atoms with E-state index in [-0.39, 0.29) is 30.7 Å². The van der Waals surface area contributed by atoms with E-state index < -0.39 is 0 Å². The maximum absolute atomic E-state index is 11.0. The Labute approximate surface area is 163 Å². The first kappa shape index (κ1) is 22.0. The number of rotatable bonds is 6. The summed E-state index contributed by atoms with van der Waals surface area (Å²) >= 11 is 0. The molecule has 3 rings (SSSR count). The van der Waals surface area contributed by atoms with Crippen LogP contribution in [0.2, 0.25) is 0 Å². The maximum atomic E-state index is 11.0. The maximum Gasteiger partial charge on any atom is 0.231 e. The zero-order valence-corrected chi connectivity index (χ0v) is 16.3. The lowest BCUT2D eigenvalue weighted by molar-refractivity contribution is -0.119. The van der Waals surface area contributed by atoms with Crippen molar-refractivity contribution < 1.29 is 4.79 Å². The zero-order valence-electron chi connectivity index (χ0n) is 14.7. The lowest BCUT2D eigenvalue weighted by atomic mass is 10.0. The summed E-state index contributed by atoms with van der Waals surface area (Å²) in [5.74, 6) is 0.458. The Morgan fingerprint density at radius 2 is 1.88 bits per heavy atom. The van der Waals surface area contributed by atoms with Gasteiger partial charge in [-0.2, -0.15) is 0 Å². The summed E-state index contributed by atoms with van der Waals surface area (Å²) in [6, 6.07) is 11.7. The van der Waals surface area contributed by atoms with Crippen LogP contribution in [0.5, 0.6) is 0 Å². The standard InChI is InChI=1S/C19H27N3O.2ClH/c1-14(11-15-5-3-2-4-6-15)17-12-18(17)21-16-7-9-22(10-8-16)13-19(20)23;;/h2-6,11,16-18,21H,7-10,12-13H2,1H3,(H2,20,23);2*1H/t17?,18-;;/m0../s1. The van der Waals surface area contributed by atoms with Gasteiger partial charge in [-0.3, -0.25) is 9.69 Å². The molecule has 140 valence electrons. The molecule has 1 saturated heterocycles. The van der Waals surface area contributed by atoms with Crippen molar-refractivity contribution in [2.75, 3.05) is 19.6 Å².